The fourth-order valence-electron chi connectivity index (χ4n) is 1.62. The van der Waals surface area contributed by atoms with Crippen molar-refractivity contribution < 1.29 is 14.3 Å². The van der Waals surface area contributed by atoms with Crippen LogP contribution >= 0.6 is 0 Å². The van der Waals surface area contributed by atoms with Crippen LogP contribution in [0.4, 0.5) is 0 Å². The molecule has 1 amide bonds. The molecule has 0 spiro atoms. The van der Waals surface area contributed by atoms with E-state index in [1.165, 1.54) is 12.2 Å². The van der Waals surface area contributed by atoms with Crippen LogP contribution in [0.25, 0.3) is 0 Å². The highest BCUT2D eigenvalue weighted by molar-refractivity contribution is 6.21. The van der Waals surface area contributed by atoms with Gasteiger partial charge in [-0.05, 0) is 55.0 Å². The standard InChI is InChI=1S/C15H13NO3/c1-10-9-12(5-8-14(10)17)16-15(18)11-3-6-13(19-2)7-4-11/h3-9H,1-2H3. The average Bonchev–Trinajstić information content (AvgIpc) is 2.43. The molecule has 4 heteroatoms. The molecule has 0 N–H and O–H groups in total. The van der Waals surface area contributed by atoms with Gasteiger partial charge >= 0.3 is 0 Å². The quantitative estimate of drug-likeness (QED) is 0.762. The fourth-order valence-corrected chi connectivity index (χ4v) is 1.62. The predicted octanol–water partition coefficient (Wildman–Crippen LogP) is 2.36. The van der Waals surface area contributed by atoms with Crippen molar-refractivity contribution in [3.8, 4) is 5.75 Å². The molecular formula is C15H13NO3. The molecule has 2 rings (SSSR count). The van der Waals surface area contributed by atoms with Crippen LogP contribution in [0.15, 0.2) is 53.1 Å². The summed E-state index contributed by atoms with van der Waals surface area (Å²) in [4.78, 5) is 27.1. The van der Waals surface area contributed by atoms with Gasteiger partial charge in [-0.15, -0.1) is 0 Å². The van der Waals surface area contributed by atoms with Gasteiger partial charge in [0.1, 0.15) is 5.75 Å². The largest absolute Gasteiger partial charge is 0.497 e. The topological polar surface area (TPSA) is 55.7 Å². The molecule has 0 heterocycles. The molecule has 19 heavy (non-hydrogen) atoms. The third-order valence-corrected chi connectivity index (χ3v) is 2.73. The molecule has 4 nitrogen and oxygen atoms in total. The van der Waals surface area contributed by atoms with E-state index >= 15 is 0 Å². The molecule has 1 aliphatic carbocycles. The molecule has 1 aromatic rings. The highest BCUT2D eigenvalue weighted by Gasteiger charge is 2.10. The second kappa shape index (κ2) is 5.44. The van der Waals surface area contributed by atoms with Crippen LogP contribution in [0.2, 0.25) is 0 Å². The van der Waals surface area contributed by atoms with Crippen molar-refractivity contribution in [3.05, 3.63) is 53.6 Å². The molecule has 0 aromatic heterocycles. The van der Waals surface area contributed by atoms with Crippen LogP contribution in [-0.4, -0.2) is 24.5 Å². The summed E-state index contributed by atoms with van der Waals surface area (Å²) >= 11 is 0. The van der Waals surface area contributed by atoms with Gasteiger partial charge in [0.15, 0.2) is 5.78 Å². The summed E-state index contributed by atoms with van der Waals surface area (Å²) < 4.78 is 5.02. The van der Waals surface area contributed by atoms with Gasteiger partial charge in [0.2, 0.25) is 0 Å². The van der Waals surface area contributed by atoms with Gasteiger partial charge in [-0.1, -0.05) is 0 Å². The Kier molecular flexibility index (Phi) is 3.71. The predicted molar refractivity (Wildman–Crippen MR) is 72.7 cm³/mol. The minimum absolute atomic E-state index is 0.0594. The smallest absolute Gasteiger partial charge is 0.277 e. The summed E-state index contributed by atoms with van der Waals surface area (Å²) in [6, 6.07) is 6.71. The van der Waals surface area contributed by atoms with E-state index in [-0.39, 0.29) is 11.7 Å². The van der Waals surface area contributed by atoms with Crippen LogP contribution in [0, 0.1) is 0 Å². The van der Waals surface area contributed by atoms with Gasteiger partial charge < -0.3 is 4.74 Å². The Bertz CT molecular complexity index is 607. The first-order valence-corrected chi connectivity index (χ1v) is 5.78. The van der Waals surface area contributed by atoms with Crippen molar-refractivity contribution in [1.29, 1.82) is 0 Å². The van der Waals surface area contributed by atoms with E-state index in [0.29, 0.717) is 22.6 Å². The lowest BCUT2D eigenvalue weighted by Crippen LogP contribution is -2.07. The number of hydrogen-bond donors (Lipinski definition) is 0. The van der Waals surface area contributed by atoms with Crippen molar-refractivity contribution in [1.82, 2.24) is 0 Å². The van der Waals surface area contributed by atoms with Gasteiger partial charge in [-0.25, -0.2) is 4.99 Å². The molecule has 0 radical (unpaired) electrons. The number of ketones is 1. The number of ether oxygens (including phenoxy) is 1. The zero-order valence-electron chi connectivity index (χ0n) is 10.7. The number of allylic oxidation sites excluding steroid dienone is 4. The average molecular weight is 255 g/mol. The maximum absolute atomic E-state index is 11.9. The van der Waals surface area contributed by atoms with Gasteiger partial charge in [0.25, 0.3) is 5.91 Å². The van der Waals surface area contributed by atoms with E-state index in [2.05, 4.69) is 4.99 Å². The lowest BCUT2D eigenvalue weighted by Gasteiger charge is -2.04. The minimum Gasteiger partial charge on any atom is -0.497 e. The monoisotopic (exact) mass is 255 g/mol. The van der Waals surface area contributed by atoms with E-state index in [1.54, 1.807) is 44.4 Å². The zero-order valence-corrected chi connectivity index (χ0v) is 10.7. The highest BCUT2D eigenvalue weighted by atomic mass is 16.5. The molecule has 0 unspecified atom stereocenters. The summed E-state index contributed by atoms with van der Waals surface area (Å²) in [6.45, 7) is 1.69. The SMILES string of the molecule is COc1ccc(C(=O)N=C2C=CC(=O)C(C)=C2)cc1. The second-order valence-electron chi connectivity index (χ2n) is 4.10. The molecule has 96 valence electrons. The molecule has 0 saturated heterocycles. The maximum Gasteiger partial charge on any atom is 0.277 e. The number of benzene rings is 1. The number of rotatable bonds is 2. The number of methoxy groups -OCH3 is 1. The molecule has 1 aliphatic rings. The number of amides is 1. The summed E-state index contributed by atoms with van der Waals surface area (Å²) in [5, 5.41) is 0. The normalized spacial score (nSPS) is 16.4. The Labute approximate surface area is 111 Å². The Balaban J connectivity index is 2.21. The number of aliphatic imine (C=N–C) groups is 1. The maximum atomic E-state index is 11.9. The summed E-state index contributed by atoms with van der Waals surface area (Å²) in [5.74, 6) is 0.277. The van der Waals surface area contributed by atoms with Gasteiger partial charge in [-0.2, -0.15) is 0 Å². The van der Waals surface area contributed by atoms with E-state index < -0.39 is 0 Å². The van der Waals surface area contributed by atoms with Crippen molar-refractivity contribution >= 4 is 17.4 Å². The lowest BCUT2D eigenvalue weighted by atomic mass is 10.1. The molecule has 0 atom stereocenters. The molecule has 1 aromatic carbocycles. The molecular weight excluding hydrogens is 242 g/mol. The number of hydrogen-bond acceptors (Lipinski definition) is 3. The number of carbonyl (C=O) groups is 2. The Morgan fingerprint density at radius 2 is 1.84 bits per heavy atom. The first-order chi connectivity index (χ1) is 9.10. The Morgan fingerprint density at radius 3 is 2.42 bits per heavy atom. The fraction of sp³-hybridized carbons (Fsp3) is 0.133. The molecule has 0 bridgehead atoms. The van der Waals surface area contributed by atoms with Crippen LogP contribution < -0.4 is 4.74 Å². The molecule has 0 fully saturated rings. The summed E-state index contributed by atoms with van der Waals surface area (Å²) in [7, 11) is 1.56. The third-order valence-electron chi connectivity index (χ3n) is 2.73. The minimum atomic E-state index is -0.347. The summed E-state index contributed by atoms with van der Waals surface area (Å²) in [5.41, 5.74) is 1.53. The van der Waals surface area contributed by atoms with Gasteiger partial charge in [-0.3, -0.25) is 9.59 Å². The summed E-state index contributed by atoms with van der Waals surface area (Å²) in [6.07, 6.45) is 4.55. The van der Waals surface area contributed by atoms with Crippen LogP contribution in [0.1, 0.15) is 17.3 Å². The molecule has 0 saturated carbocycles. The van der Waals surface area contributed by atoms with Crippen molar-refractivity contribution in [2.24, 2.45) is 4.99 Å². The first kappa shape index (κ1) is 13.0. The van der Waals surface area contributed by atoms with E-state index in [1.807, 2.05) is 0 Å². The molecule has 0 aliphatic heterocycles. The van der Waals surface area contributed by atoms with Crippen LogP contribution in [0.3, 0.4) is 0 Å². The first-order valence-electron chi connectivity index (χ1n) is 5.78. The van der Waals surface area contributed by atoms with Crippen LogP contribution in [-0.2, 0) is 4.79 Å². The lowest BCUT2D eigenvalue weighted by molar-refractivity contribution is -0.111. The highest BCUT2D eigenvalue weighted by Crippen LogP contribution is 2.13. The van der Waals surface area contributed by atoms with Crippen molar-refractivity contribution in [3.63, 3.8) is 0 Å². The Hall–Kier alpha value is -2.49. The second-order valence-corrected chi connectivity index (χ2v) is 4.10. The van der Waals surface area contributed by atoms with E-state index in [0.717, 1.165) is 0 Å². The van der Waals surface area contributed by atoms with Crippen LogP contribution in [0.5, 0.6) is 5.75 Å². The van der Waals surface area contributed by atoms with Gasteiger partial charge in [0.05, 0.1) is 12.8 Å². The number of nitrogens with zero attached hydrogens (tertiary/aromatic N) is 1. The van der Waals surface area contributed by atoms with Crippen molar-refractivity contribution in [2.45, 2.75) is 6.92 Å². The van der Waals surface area contributed by atoms with Gasteiger partial charge in [0, 0.05) is 5.56 Å². The van der Waals surface area contributed by atoms with E-state index in [9.17, 15) is 9.59 Å². The van der Waals surface area contributed by atoms with Crippen molar-refractivity contribution in [2.75, 3.05) is 7.11 Å². The number of carbonyl (C=O) groups excluding carboxylic acids is 2. The third kappa shape index (κ3) is 3.04. The zero-order chi connectivity index (χ0) is 13.8. The Morgan fingerprint density at radius 1 is 1.16 bits per heavy atom. The van der Waals surface area contributed by atoms with E-state index in [4.69, 9.17) is 4.74 Å².